The minimum atomic E-state index is -0.921. The van der Waals surface area contributed by atoms with Gasteiger partial charge in [-0.1, -0.05) is 58.0 Å². The molecule has 7 nitrogen and oxygen atoms in total. The zero-order valence-electron chi connectivity index (χ0n) is 28.1. The number of carboxylic acid groups (broad SMARTS) is 2. The molecule has 0 bridgehead atoms. The van der Waals surface area contributed by atoms with Crippen LogP contribution in [0.1, 0.15) is 72.4 Å². The van der Waals surface area contributed by atoms with Crippen LogP contribution in [0.25, 0.3) is 0 Å². The number of rotatable bonds is 5. The number of fused-ring (bicyclic) bond motifs is 2. The van der Waals surface area contributed by atoms with Crippen LogP contribution in [0.5, 0.6) is 0 Å². The van der Waals surface area contributed by atoms with Gasteiger partial charge in [0.25, 0.3) is 0 Å². The molecule has 2 N–H and O–H groups in total. The van der Waals surface area contributed by atoms with Crippen LogP contribution in [-0.2, 0) is 10.8 Å². The normalized spacial score (nSPS) is 21.2. The third kappa shape index (κ3) is 5.29. The second kappa shape index (κ2) is 11.6. The maximum atomic E-state index is 11.7. The summed E-state index contributed by atoms with van der Waals surface area (Å²) in [5, 5.41) is 19.2. The third-order valence-electron chi connectivity index (χ3n) is 10.2. The van der Waals surface area contributed by atoms with Gasteiger partial charge in [-0.3, -0.25) is 0 Å². The lowest BCUT2D eigenvalue weighted by atomic mass is 9.83. The van der Waals surface area contributed by atoms with Crippen LogP contribution in [0.4, 0.5) is 17.1 Å². The fraction of sp³-hybridized carbons (Fsp3) is 0.275. The molecule has 1 aliphatic carbocycles. The van der Waals surface area contributed by atoms with Crippen LogP contribution >= 0.6 is 0 Å². The Morgan fingerprint density at radius 1 is 0.681 bits per heavy atom. The Hall–Kier alpha value is -5.17. The molecule has 1 saturated carbocycles. The Kier molecular flexibility index (Phi) is 7.83. The van der Waals surface area contributed by atoms with Gasteiger partial charge in [-0.2, -0.15) is 4.58 Å². The first-order valence-electron chi connectivity index (χ1n) is 16.0. The second-order valence-electron chi connectivity index (χ2n) is 13.7. The summed E-state index contributed by atoms with van der Waals surface area (Å²) in [6.45, 7) is 8.59. The standard InChI is InChI=1S/C40H41N3O4/c1-39(2)30-23-27(37(44)45)15-19-32(30)42(6)34(39)21-17-25-13-14-26(36(25)41(5)29-11-9-8-10-12-29)18-22-35-40(3,4)31-24-28(38(46)47)16-20-33(31)43(35)7/h8-12,15-24H,13-14H2,1-7H3,(H-,44,45,46,47)/p+1. The Bertz CT molecular complexity index is 1860. The molecule has 2 aliphatic heterocycles. The highest BCUT2D eigenvalue weighted by Gasteiger charge is 2.40. The highest BCUT2D eigenvalue weighted by molar-refractivity contribution is 6.12. The molecule has 3 aromatic carbocycles. The monoisotopic (exact) mass is 628 g/mol. The van der Waals surface area contributed by atoms with Gasteiger partial charge in [0, 0.05) is 71.0 Å². The molecular formula is C40H42N3O4+. The molecule has 240 valence electrons. The van der Waals surface area contributed by atoms with E-state index in [2.05, 4.69) is 97.7 Å². The van der Waals surface area contributed by atoms with Crippen molar-refractivity contribution >= 4 is 34.7 Å². The minimum Gasteiger partial charge on any atom is -0.478 e. The molecule has 0 spiro atoms. The van der Waals surface area contributed by atoms with Gasteiger partial charge >= 0.3 is 11.9 Å². The van der Waals surface area contributed by atoms with Crippen LogP contribution in [0.15, 0.2) is 114 Å². The molecule has 0 atom stereocenters. The largest absolute Gasteiger partial charge is 0.478 e. The van der Waals surface area contributed by atoms with Crippen molar-refractivity contribution in [3.8, 4) is 0 Å². The molecular weight excluding hydrogens is 586 g/mol. The molecule has 0 amide bonds. The summed E-state index contributed by atoms with van der Waals surface area (Å²) in [6.07, 6.45) is 10.6. The number of para-hydroxylation sites is 1. The molecule has 6 rings (SSSR count). The van der Waals surface area contributed by atoms with E-state index in [4.69, 9.17) is 0 Å². The third-order valence-corrected chi connectivity index (χ3v) is 10.2. The van der Waals surface area contributed by atoms with E-state index in [1.165, 1.54) is 11.1 Å². The molecule has 3 aromatic rings. The summed E-state index contributed by atoms with van der Waals surface area (Å²) >= 11 is 0. The van der Waals surface area contributed by atoms with Crippen LogP contribution in [-0.4, -0.2) is 53.6 Å². The van der Waals surface area contributed by atoms with Crippen molar-refractivity contribution in [1.82, 2.24) is 0 Å². The summed E-state index contributed by atoms with van der Waals surface area (Å²) in [6, 6.07) is 21.1. The summed E-state index contributed by atoms with van der Waals surface area (Å²) in [4.78, 5) is 27.8. The van der Waals surface area contributed by atoms with Crippen molar-refractivity contribution < 1.29 is 24.4 Å². The summed E-state index contributed by atoms with van der Waals surface area (Å²) < 4.78 is 2.26. The first kappa shape index (κ1) is 31.8. The first-order chi connectivity index (χ1) is 22.2. The lowest BCUT2D eigenvalue weighted by molar-refractivity contribution is -0.403. The number of hydrogen-bond donors (Lipinski definition) is 2. The fourth-order valence-corrected chi connectivity index (χ4v) is 7.55. The Labute approximate surface area is 276 Å². The van der Waals surface area contributed by atoms with E-state index in [0.717, 1.165) is 58.1 Å². The predicted octanol–water partition coefficient (Wildman–Crippen LogP) is 8.07. The maximum Gasteiger partial charge on any atom is 0.335 e. The van der Waals surface area contributed by atoms with Crippen molar-refractivity contribution in [2.45, 2.75) is 51.4 Å². The van der Waals surface area contributed by atoms with E-state index in [0.29, 0.717) is 11.1 Å². The van der Waals surface area contributed by atoms with Gasteiger partial charge in [0.2, 0.25) is 11.4 Å². The average molecular weight is 629 g/mol. The highest BCUT2D eigenvalue weighted by atomic mass is 16.4. The number of carbonyl (C=O) groups is 2. The van der Waals surface area contributed by atoms with Gasteiger partial charge in [0.15, 0.2) is 0 Å². The zero-order chi connectivity index (χ0) is 33.8. The fourth-order valence-electron chi connectivity index (χ4n) is 7.55. The van der Waals surface area contributed by atoms with E-state index in [1.54, 1.807) is 24.3 Å². The number of carboxylic acids is 2. The lowest BCUT2D eigenvalue weighted by Gasteiger charge is -2.24. The van der Waals surface area contributed by atoms with E-state index in [-0.39, 0.29) is 10.8 Å². The quantitative estimate of drug-likeness (QED) is 0.278. The van der Waals surface area contributed by atoms with Crippen molar-refractivity contribution in [2.24, 2.45) is 0 Å². The minimum absolute atomic E-state index is 0.297. The smallest absolute Gasteiger partial charge is 0.335 e. The van der Waals surface area contributed by atoms with E-state index >= 15 is 0 Å². The highest BCUT2D eigenvalue weighted by Crippen LogP contribution is 2.48. The molecule has 2 heterocycles. The Balaban J connectivity index is 1.42. The Morgan fingerprint density at radius 3 is 1.51 bits per heavy atom. The molecule has 3 aliphatic rings. The van der Waals surface area contributed by atoms with E-state index in [9.17, 15) is 19.8 Å². The van der Waals surface area contributed by atoms with Crippen LogP contribution in [0.3, 0.4) is 0 Å². The number of nitrogens with zero attached hydrogens (tertiary/aromatic N) is 3. The van der Waals surface area contributed by atoms with Crippen molar-refractivity contribution in [1.29, 1.82) is 0 Å². The average Bonchev–Trinajstić information content (AvgIpc) is 3.60. The number of likely N-dealkylation sites (N-methyl/N-ethyl adjacent to an activating group) is 2. The van der Waals surface area contributed by atoms with Crippen molar-refractivity contribution in [3.63, 3.8) is 0 Å². The molecule has 7 heteroatoms. The lowest BCUT2D eigenvalue weighted by Crippen LogP contribution is -2.23. The predicted molar refractivity (Wildman–Crippen MR) is 189 cm³/mol. The topological polar surface area (TPSA) is 84.1 Å². The maximum absolute atomic E-state index is 11.7. The van der Waals surface area contributed by atoms with Gasteiger partial charge in [-0.25, -0.2) is 9.59 Å². The number of aromatic carboxylic acids is 2. The molecule has 0 saturated heterocycles. The summed E-state index contributed by atoms with van der Waals surface area (Å²) in [5.41, 5.74) is 10.9. The molecule has 0 unspecified atom stereocenters. The zero-order valence-corrected chi connectivity index (χ0v) is 28.1. The molecule has 1 fully saturated rings. The summed E-state index contributed by atoms with van der Waals surface area (Å²) in [5.74, 6) is -1.84. The number of anilines is 2. The van der Waals surface area contributed by atoms with Crippen molar-refractivity contribution in [2.75, 3.05) is 30.9 Å². The van der Waals surface area contributed by atoms with Gasteiger partial charge in [-0.15, -0.1) is 0 Å². The van der Waals surface area contributed by atoms with Crippen LogP contribution in [0.2, 0.25) is 0 Å². The first-order valence-corrected chi connectivity index (χ1v) is 16.0. The van der Waals surface area contributed by atoms with Gasteiger partial charge in [-0.05, 0) is 72.5 Å². The molecule has 47 heavy (non-hydrogen) atoms. The molecule has 0 aromatic heterocycles. The summed E-state index contributed by atoms with van der Waals surface area (Å²) in [7, 11) is 6.20. The number of allylic oxidation sites excluding steroid dienone is 8. The van der Waals surface area contributed by atoms with Crippen LogP contribution in [0, 0.1) is 0 Å². The number of hydrogen-bond acceptors (Lipinski definition) is 4. The van der Waals surface area contributed by atoms with Gasteiger partial charge in [0.1, 0.15) is 7.05 Å². The SMILES string of the molecule is CN1C(=CC=C2CCC(=CC=C3N(C)c4ccc(C(=O)O)cc4C3(C)C)C2=[N+](C)c2ccccc2)C(C)(C)c2cc(C(=O)O)ccc21. The van der Waals surface area contributed by atoms with Crippen molar-refractivity contribution in [3.05, 3.63) is 136 Å². The van der Waals surface area contributed by atoms with Gasteiger partial charge in [0.05, 0.1) is 11.1 Å². The van der Waals surface area contributed by atoms with Crippen LogP contribution < -0.4 is 9.80 Å². The van der Waals surface area contributed by atoms with E-state index in [1.807, 2.05) is 32.3 Å². The Morgan fingerprint density at radius 2 is 1.11 bits per heavy atom. The van der Waals surface area contributed by atoms with E-state index < -0.39 is 11.9 Å². The van der Waals surface area contributed by atoms with Gasteiger partial charge < -0.3 is 20.0 Å². The second-order valence-corrected chi connectivity index (χ2v) is 13.7. The number of benzene rings is 3. The molecule has 0 radical (unpaired) electrons.